The van der Waals surface area contributed by atoms with Gasteiger partial charge in [0.2, 0.25) is 5.91 Å². The Morgan fingerprint density at radius 2 is 1.91 bits per heavy atom. The van der Waals surface area contributed by atoms with Crippen molar-refractivity contribution in [2.45, 2.75) is 32.7 Å². The second-order valence-corrected chi connectivity index (χ2v) is 5.47. The highest BCUT2D eigenvalue weighted by atomic mass is 16.5. The topological polar surface area (TPSA) is 38.3 Å². The lowest BCUT2D eigenvalue weighted by atomic mass is 10.0. The van der Waals surface area contributed by atoms with Crippen molar-refractivity contribution >= 4 is 5.91 Å². The van der Waals surface area contributed by atoms with Crippen molar-refractivity contribution in [1.29, 1.82) is 0 Å². The molecular weight excluding hydrogens is 274 g/mol. The molecule has 1 N–H and O–H groups in total. The van der Waals surface area contributed by atoms with Crippen molar-refractivity contribution in [3.05, 3.63) is 65.2 Å². The molecule has 0 heterocycles. The Morgan fingerprint density at radius 1 is 1.18 bits per heavy atom. The zero-order valence-corrected chi connectivity index (χ0v) is 13.4. The highest BCUT2D eigenvalue weighted by Crippen LogP contribution is 2.18. The van der Waals surface area contributed by atoms with E-state index in [1.807, 2.05) is 24.3 Å². The lowest BCUT2D eigenvalue weighted by Gasteiger charge is -2.18. The number of carbonyl (C=O) groups is 1. The van der Waals surface area contributed by atoms with Gasteiger partial charge in [-0.25, -0.2) is 0 Å². The molecule has 3 nitrogen and oxygen atoms in total. The van der Waals surface area contributed by atoms with Gasteiger partial charge in [0, 0.05) is 0 Å². The van der Waals surface area contributed by atoms with Crippen LogP contribution in [-0.4, -0.2) is 13.0 Å². The first-order valence-electron chi connectivity index (χ1n) is 7.61. The van der Waals surface area contributed by atoms with E-state index >= 15 is 0 Å². The van der Waals surface area contributed by atoms with Crippen molar-refractivity contribution in [3.63, 3.8) is 0 Å². The van der Waals surface area contributed by atoms with Gasteiger partial charge in [0.15, 0.2) is 0 Å². The fourth-order valence-corrected chi connectivity index (χ4v) is 2.43. The molecule has 2 aromatic rings. The number of benzene rings is 2. The predicted octanol–water partition coefficient (Wildman–Crippen LogP) is 3.81. The van der Waals surface area contributed by atoms with E-state index < -0.39 is 0 Å². The normalized spacial score (nSPS) is 11.8. The summed E-state index contributed by atoms with van der Waals surface area (Å²) in [6.07, 6.45) is 1.23. The monoisotopic (exact) mass is 297 g/mol. The van der Waals surface area contributed by atoms with Crippen LogP contribution in [0.1, 0.15) is 36.1 Å². The number of carbonyl (C=O) groups excluding carboxylic acids is 1. The predicted molar refractivity (Wildman–Crippen MR) is 89.1 cm³/mol. The summed E-state index contributed by atoms with van der Waals surface area (Å²) < 4.78 is 5.19. The third-order valence-electron chi connectivity index (χ3n) is 3.72. The van der Waals surface area contributed by atoms with Crippen molar-refractivity contribution in [1.82, 2.24) is 5.32 Å². The summed E-state index contributed by atoms with van der Waals surface area (Å²) in [5.41, 5.74) is 3.32. The number of amides is 1. The summed E-state index contributed by atoms with van der Waals surface area (Å²) in [6.45, 7) is 4.14. The van der Waals surface area contributed by atoms with Crippen molar-refractivity contribution in [2.24, 2.45) is 0 Å². The van der Waals surface area contributed by atoms with E-state index in [0.717, 1.165) is 23.3 Å². The molecule has 0 unspecified atom stereocenters. The summed E-state index contributed by atoms with van der Waals surface area (Å²) >= 11 is 0. The fourth-order valence-electron chi connectivity index (χ4n) is 2.43. The fraction of sp³-hybridized carbons (Fsp3) is 0.316. The van der Waals surface area contributed by atoms with Crippen LogP contribution in [0.4, 0.5) is 0 Å². The molecule has 2 rings (SSSR count). The van der Waals surface area contributed by atoms with E-state index in [4.69, 9.17) is 4.74 Å². The summed E-state index contributed by atoms with van der Waals surface area (Å²) in [4.78, 5) is 12.3. The number of methoxy groups -OCH3 is 1. The summed E-state index contributed by atoms with van der Waals surface area (Å²) in [5, 5.41) is 3.11. The molecule has 1 amide bonds. The van der Waals surface area contributed by atoms with E-state index in [1.165, 1.54) is 5.56 Å². The summed E-state index contributed by atoms with van der Waals surface area (Å²) in [7, 11) is 1.63. The maximum absolute atomic E-state index is 12.3. The molecule has 2 aromatic carbocycles. The van der Waals surface area contributed by atoms with E-state index in [9.17, 15) is 4.79 Å². The Balaban J connectivity index is 2.01. The lowest BCUT2D eigenvalue weighted by Crippen LogP contribution is -2.29. The van der Waals surface area contributed by atoms with E-state index in [2.05, 4.69) is 43.4 Å². The molecule has 0 aliphatic carbocycles. The molecule has 1 atom stereocenters. The number of hydrogen-bond acceptors (Lipinski definition) is 2. The quantitative estimate of drug-likeness (QED) is 0.880. The highest BCUT2D eigenvalue weighted by molar-refractivity contribution is 5.79. The number of rotatable bonds is 6. The molecule has 0 radical (unpaired) electrons. The molecule has 22 heavy (non-hydrogen) atoms. The maximum Gasteiger partial charge on any atom is 0.224 e. The van der Waals surface area contributed by atoms with Crippen molar-refractivity contribution in [3.8, 4) is 5.75 Å². The smallest absolute Gasteiger partial charge is 0.224 e. The van der Waals surface area contributed by atoms with E-state index in [-0.39, 0.29) is 11.9 Å². The Kier molecular flexibility index (Phi) is 5.59. The van der Waals surface area contributed by atoms with Gasteiger partial charge < -0.3 is 10.1 Å². The molecule has 0 aliphatic heterocycles. The minimum absolute atomic E-state index is 0.0284. The van der Waals surface area contributed by atoms with Gasteiger partial charge in [-0.3, -0.25) is 4.79 Å². The molecule has 0 aromatic heterocycles. The van der Waals surface area contributed by atoms with Crippen LogP contribution in [0.25, 0.3) is 0 Å². The van der Waals surface area contributed by atoms with Crippen molar-refractivity contribution in [2.75, 3.05) is 7.11 Å². The Morgan fingerprint density at radius 3 is 2.55 bits per heavy atom. The van der Waals surface area contributed by atoms with Crippen LogP contribution in [0.2, 0.25) is 0 Å². The van der Waals surface area contributed by atoms with Crippen LogP contribution < -0.4 is 10.1 Å². The molecule has 0 spiro atoms. The first-order chi connectivity index (χ1) is 10.6. The van der Waals surface area contributed by atoms with Crippen LogP contribution in [0.15, 0.2) is 48.5 Å². The second-order valence-electron chi connectivity index (χ2n) is 5.47. The largest absolute Gasteiger partial charge is 0.497 e. The number of nitrogens with one attached hydrogen (secondary N) is 1. The number of hydrogen-bond donors (Lipinski definition) is 1. The molecule has 3 heteroatoms. The Hall–Kier alpha value is -2.29. The van der Waals surface area contributed by atoms with Crippen LogP contribution in [-0.2, 0) is 11.2 Å². The van der Waals surface area contributed by atoms with Gasteiger partial charge in [0.05, 0.1) is 19.6 Å². The van der Waals surface area contributed by atoms with Gasteiger partial charge >= 0.3 is 0 Å². The maximum atomic E-state index is 12.3. The van der Waals surface area contributed by atoms with Crippen LogP contribution >= 0.6 is 0 Å². The summed E-state index contributed by atoms with van der Waals surface area (Å²) in [6, 6.07) is 16.0. The number of aryl methyl sites for hydroxylation is 1. The van der Waals surface area contributed by atoms with Crippen LogP contribution in [0, 0.1) is 6.92 Å². The highest BCUT2D eigenvalue weighted by Gasteiger charge is 2.13. The standard InChI is InChI=1S/C19H23NO2/c1-4-18(16-10-8-14(2)9-11-16)20-19(21)13-15-6-5-7-17(12-15)22-3/h5-12,18H,4,13H2,1-3H3,(H,20,21)/t18-/m0/s1. The van der Waals surface area contributed by atoms with Crippen LogP contribution in [0.3, 0.4) is 0 Å². The van der Waals surface area contributed by atoms with Gasteiger partial charge in [-0.2, -0.15) is 0 Å². The summed E-state index contributed by atoms with van der Waals surface area (Å²) in [5.74, 6) is 0.802. The second kappa shape index (κ2) is 7.64. The SMILES string of the molecule is CC[C@H](NC(=O)Cc1cccc(OC)c1)c1ccc(C)cc1. The third-order valence-corrected chi connectivity index (χ3v) is 3.72. The van der Waals surface area contributed by atoms with Crippen molar-refractivity contribution < 1.29 is 9.53 Å². The van der Waals surface area contributed by atoms with E-state index in [0.29, 0.717) is 6.42 Å². The molecule has 0 saturated heterocycles. The van der Waals surface area contributed by atoms with E-state index in [1.54, 1.807) is 7.11 Å². The average molecular weight is 297 g/mol. The Bertz CT molecular complexity index is 620. The lowest BCUT2D eigenvalue weighted by molar-refractivity contribution is -0.121. The molecule has 116 valence electrons. The first-order valence-corrected chi connectivity index (χ1v) is 7.61. The first kappa shape index (κ1) is 16.1. The van der Waals surface area contributed by atoms with Gasteiger partial charge in [0.25, 0.3) is 0 Å². The third kappa shape index (κ3) is 4.35. The zero-order valence-electron chi connectivity index (χ0n) is 13.4. The van der Waals surface area contributed by atoms with Gasteiger partial charge in [-0.05, 0) is 36.6 Å². The Labute approximate surface area is 132 Å². The minimum Gasteiger partial charge on any atom is -0.497 e. The molecule has 0 aliphatic rings. The van der Waals surface area contributed by atoms with Gasteiger partial charge in [-0.15, -0.1) is 0 Å². The van der Waals surface area contributed by atoms with Crippen LogP contribution in [0.5, 0.6) is 5.75 Å². The van der Waals surface area contributed by atoms with Gasteiger partial charge in [-0.1, -0.05) is 48.9 Å². The molecular formula is C19H23NO2. The number of ether oxygens (including phenoxy) is 1. The molecule has 0 bridgehead atoms. The average Bonchev–Trinajstić information content (AvgIpc) is 2.53. The molecule has 0 saturated carbocycles. The minimum atomic E-state index is 0.0284. The zero-order chi connectivity index (χ0) is 15.9. The molecule has 0 fully saturated rings. The van der Waals surface area contributed by atoms with Gasteiger partial charge in [0.1, 0.15) is 5.75 Å².